The first kappa shape index (κ1) is 13.3. The average molecular weight is 364 g/mol. The molecule has 1 saturated heterocycles. The summed E-state index contributed by atoms with van der Waals surface area (Å²) >= 11 is 3.89. The van der Waals surface area contributed by atoms with Crippen molar-refractivity contribution in [3.8, 4) is 0 Å². The van der Waals surface area contributed by atoms with Gasteiger partial charge in [-0.15, -0.1) is 11.3 Å². The Morgan fingerprint density at radius 3 is 2.94 bits per heavy atom. The third-order valence-corrected chi connectivity index (χ3v) is 5.02. The van der Waals surface area contributed by atoms with Gasteiger partial charge in [0.2, 0.25) is 0 Å². The van der Waals surface area contributed by atoms with Gasteiger partial charge in [-0.05, 0) is 55.6 Å². The summed E-state index contributed by atoms with van der Waals surface area (Å²) in [4.78, 5) is 16.5. The molecule has 0 radical (unpaired) electrons. The molecule has 1 aromatic rings. The van der Waals surface area contributed by atoms with Crippen molar-refractivity contribution in [2.24, 2.45) is 0 Å². The van der Waals surface area contributed by atoms with Gasteiger partial charge in [-0.3, -0.25) is 4.79 Å². The molecule has 17 heavy (non-hydrogen) atoms. The van der Waals surface area contributed by atoms with Crippen molar-refractivity contribution in [2.45, 2.75) is 18.9 Å². The molecule has 0 saturated carbocycles. The van der Waals surface area contributed by atoms with E-state index in [2.05, 4.69) is 41.6 Å². The van der Waals surface area contributed by atoms with Crippen molar-refractivity contribution in [3.63, 3.8) is 0 Å². The molecule has 0 aliphatic carbocycles. The summed E-state index contributed by atoms with van der Waals surface area (Å²) in [5, 5.41) is 1.96. The van der Waals surface area contributed by atoms with E-state index in [1.807, 2.05) is 16.3 Å². The van der Waals surface area contributed by atoms with Crippen LogP contribution in [0, 0.1) is 2.88 Å². The van der Waals surface area contributed by atoms with Gasteiger partial charge in [0.25, 0.3) is 5.91 Å². The molecule has 1 atom stereocenters. The standard InChI is InChI=1S/C12H17IN2OS/c1-14(2)10-4-3-5-15(7-10)12(16)9-6-11(13)17-8-9/h6,8,10H,3-5,7H2,1-2H3. The number of likely N-dealkylation sites (N-methyl/N-ethyl adjacent to an activating group) is 1. The molecular weight excluding hydrogens is 347 g/mol. The summed E-state index contributed by atoms with van der Waals surface area (Å²) in [6.45, 7) is 1.76. The van der Waals surface area contributed by atoms with Crippen molar-refractivity contribution in [1.82, 2.24) is 9.80 Å². The second-order valence-corrected chi connectivity index (χ2v) is 7.46. The second-order valence-electron chi connectivity index (χ2n) is 4.65. The van der Waals surface area contributed by atoms with E-state index >= 15 is 0 Å². The quantitative estimate of drug-likeness (QED) is 0.753. The van der Waals surface area contributed by atoms with E-state index in [9.17, 15) is 4.79 Å². The zero-order chi connectivity index (χ0) is 12.4. The number of amides is 1. The Hall–Kier alpha value is -0.140. The van der Waals surface area contributed by atoms with Gasteiger partial charge < -0.3 is 9.80 Å². The maximum atomic E-state index is 12.3. The summed E-state index contributed by atoms with van der Waals surface area (Å²) in [5.41, 5.74) is 0.846. The number of carbonyl (C=O) groups excluding carboxylic acids is 1. The predicted molar refractivity (Wildman–Crippen MR) is 79.6 cm³/mol. The average Bonchev–Trinajstić information content (AvgIpc) is 2.75. The van der Waals surface area contributed by atoms with E-state index in [1.165, 1.54) is 9.30 Å². The Morgan fingerprint density at radius 1 is 1.59 bits per heavy atom. The van der Waals surface area contributed by atoms with Crippen molar-refractivity contribution in [2.75, 3.05) is 27.2 Å². The lowest BCUT2D eigenvalue weighted by molar-refractivity contribution is 0.0635. The van der Waals surface area contributed by atoms with Crippen LogP contribution in [0.3, 0.4) is 0 Å². The fourth-order valence-corrected chi connectivity index (χ4v) is 3.49. The molecular formula is C12H17IN2OS. The Morgan fingerprint density at radius 2 is 2.35 bits per heavy atom. The molecule has 1 aliphatic heterocycles. The number of nitrogens with zero attached hydrogens (tertiary/aromatic N) is 2. The van der Waals surface area contributed by atoms with Crippen LogP contribution in [0.15, 0.2) is 11.4 Å². The number of carbonyl (C=O) groups is 1. The van der Waals surface area contributed by atoms with E-state index in [0.29, 0.717) is 6.04 Å². The van der Waals surface area contributed by atoms with Crippen LogP contribution in [0.5, 0.6) is 0 Å². The van der Waals surface area contributed by atoms with Crippen LogP contribution in [0.25, 0.3) is 0 Å². The highest BCUT2D eigenvalue weighted by Crippen LogP contribution is 2.21. The van der Waals surface area contributed by atoms with Crippen molar-refractivity contribution in [1.29, 1.82) is 0 Å². The first-order chi connectivity index (χ1) is 8.08. The fourth-order valence-electron chi connectivity index (χ4n) is 2.17. The molecule has 1 fully saturated rings. The lowest BCUT2D eigenvalue weighted by Gasteiger charge is -2.36. The van der Waals surface area contributed by atoms with Crippen LogP contribution >= 0.6 is 33.9 Å². The Kier molecular flexibility index (Phi) is 4.43. The van der Waals surface area contributed by atoms with Crippen molar-refractivity contribution in [3.05, 3.63) is 19.9 Å². The number of thiophene rings is 1. The zero-order valence-electron chi connectivity index (χ0n) is 10.1. The number of likely N-dealkylation sites (tertiary alicyclic amines) is 1. The first-order valence-corrected chi connectivity index (χ1v) is 7.73. The second kappa shape index (κ2) is 5.67. The molecule has 0 bridgehead atoms. The minimum absolute atomic E-state index is 0.190. The van der Waals surface area contributed by atoms with Crippen LogP contribution in [0.4, 0.5) is 0 Å². The molecule has 3 nitrogen and oxygen atoms in total. The predicted octanol–water partition coefficient (Wildman–Crippen LogP) is 2.52. The number of hydrogen-bond acceptors (Lipinski definition) is 3. The highest BCUT2D eigenvalue weighted by molar-refractivity contribution is 14.1. The SMILES string of the molecule is CN(C)C1CCCN(C(=O)c2csc(I)c2)C1. The molecule has 0 aromatic carbocycles. The molecule has 5 heteroatoms. The fraction of sp³-hybridized carbons (Fsp3) is 0.583. The monoisotopic (exact) mass is 364 g/mol. The van der Waals surface area contributed by atoms with Crippen LogP contribution in [0.1, 0.15) is 23.2 Å². The largest absolute Gasteiger partial charge is 0.337 e. The lowest BCUT2D eigenvalue weighted by Crippen LogP contribution is -2.47. The van der Waals surface area contributed by atoms with Crippen molar-refractivity contribution >= 4 is 39.8 Å². The van der Waals surface area contributed by atoms with E-state index in [-0.39, 0.29) is 5.91 Å². The normalized spacial score (nSPS) is 20.9. The maximum Gasteiger partial charge on any atom is 0.254 e. The molecule has 94 valence electrons. The molecule has 2 rings (SSSR count). The van der Waals surface area contributed by atoms with Crippen LogP contribution in [-0.2, 0) is 0 Å². The van der Waals surface area contributed by atoms with Crippen LogP contribution < -0.4 is 0 Å². The summed E-state index contributed by atoms with van der Waals surface area (Å²) in [6, 6.07) is 2.48. The highest BCUT2D eigenvalue weighted by atomic mass is 127. The van der Waals surface area contributed by atoms with E-state index in [1.54, 1.807) is 11.3 Å². The van der Waals surface area contributed by atoms with Gasteiger partial charge in [0.1, 0.15) is 0 Å². The van der Waals surface area contributed by atoms with Gasteiger partial charge >= 0.3 is 0 Å². The van der Waals surface area contributed by atoms with Gasteiger partial charge in [0.15, 0.2) is 0 Å². The minimum atomic E-state index is 0.190. The van der Waals surface area contributed by atoms with Gasteiger partial charge in [-0.25, -0.2) is 0 Å². The molecule has 1 aliphatic rings. The minimum Gasteiger partial charge on any atom is -0.337 e. The van der Waals surface area contributed by atoms with Crippen molar-refractivity contribution < 1.29 is 4.79 Å². The van der Waals surface area contributed by atoms with Gasteiger partial charge in [-0.2, -0.15) is 0 Å². The Balaban J connectivity index is 2.04. The summed E-state index contributed by atoms with van der Waals surface area (Å²) in [7, 11) is 4.18. The van der Waals surface area contributed by atoms with Crippen LogP contribution in [0.2, 0.25) is 0 Å². The van der Waals surface area contributed by atoms with E-state index in [0.717, 1.165) is 25.1 Å². The molecule has 0 N–H and O–H groups in total. The highest BCUT2D eigenvalue weighted by Gasteiger charge is 2.25. The van der Waals surface area contributed by atoms with E-state index < -0.39 is 0 Å². The smallest absolute Gasteiger partial charge is 0.254 e. The number of rotatable bonds is 2. The molecule has 1 aromatic heterocycles. The third-order valence-electron chi connectivity index (χ3n) is 3.23. The Bertz CT molecular complexity index is 405. The lowest BCUT2D eigenvalue weighted by atomic mass is 10.0. The molecule has 1 amide bonds. The molecule has 0 spiro atoms. The summed E-state index contributed by atoms with van der Waals surface area (Å²) in [6.07, 6.45) is 2.30. The number of piperidine rings is 1. The first-order valence-electron chi connectivity index (χ1n) is 5.77. The van der Waals surface area contributed by atoms with Gasteiger partial charge in [-0.1, -0.05) is 0 Å². The maximum absolute atomic E-state index is 12.3. The van der Waals surface area contributed by atoms with Crippen LogP contribution in [-0.4, -0.2) is 48.9 Å². The Labute approximate surface area is 120 Å². The number of halogens is 1. The third kappa shape index (κ3) is 3.20. The zero-order valence-corrected chi connectivity index (χ0v) is 13.1. The van der Waals surface area contributed by atoms with E-state index in [4.69, 9.17) is 0 Å². The van der Waals surface area contributed by atoms with Gasteiger partial charge in [0.05, 0.1) is 8.45 Å². The molecule has 2 heterocycles. The van der Waals surface area contributed by atoms with Gasteiger partial charge in [0, 0.05) is 24.5 Å². The number of hydrogen-bond donors (Lipinski definition) is 0. The topological polar surface area (TPSA) is 23.6 Å². The summed E-state index contributed by atoms with van der Waals surface area (Å²) in [5.74, 6) is 0.190. The summed E-state index contributed by atoms with van der Waals surface area (Å²) < 4.78 is 1.17. The molecule has 1 unspecified atom stereocenters.